The Morgan fingerprint density at radius 3 is 2.63 bits per heavy atom. The Labute approximate surface area is 163 Å². The van der Waals surface area contributed by atoms with Crippen LogP contribution in [0.25, 0.3) is 11.5 Å². The maximum Gasteiger partial charge on any atom is 0.257 e. The molecule has 0 aliphatic carbocycles. The van der Waals surface area contributed by atoms with Gasteiger partial charge in [0.15, 0.2) is 5.82 Å². The number of benzene rings is 2. The van der Waals surface area contributed by atoms with Gasteiger partial charge >= 0.3 is 0 Å². The normalized spacial score (nSPS) is 16.9. The number of likely N-dealkylation sites (tertiary alicyclic amines) is 1. The fourth-order valence-electron chi connectivity index (χ4n) is 3.29. The third-order valence-electron chi connectivity index (χ3n) is 4.90. The van der Waals surface area contributed by atoms with Crippen molar-refractivity contribution in [1.82, 2.24) is 15.0 Å². The van der Waals surface area contributed by atoms with E-state index in [1.165, 1.54) is 5.56 Å². The van der Waals surface area contributed by atoms with Crippen LogP contribution >= 0.6 is 11.6 Å². The standard InChI is InChI=1S/C21H20ClN3O2/c1-14-2-6-16(7-3-14)21-23-20(24-27-21)17-12-19(26)25(13-17)11-10-15-4-8-18(22)9-5-15/h2-9,17H,10-13H2,1H3. The first kappa shape index (κ1) is 17.7. The second-order valence-corrected chi connectivity index (χ2v) is 7.38. The first-order valence-corrected chi connectivity index (χ1v) is 9.39. The summed E-state index contributed by atoms with van der Waals surface area (Å²) < 4.78 is 5.41. The minimum absolute atomic E-state index is 0.0225. The molecule has 5 nitrogen and oxygen atoms in total. The molecule has 0 spiro atoms. The fraction of sp³-hybridized carbons (Fsp3) is 0.286. The number of amides is 1. The van der Waals surface area contributed by atoms with Gasteiger partial charge < -0.3 is 9.42 Å². The van der Waals surface area contributed by atoms with E-state index in [1.807, 2.05) is 60.4 Å². The molecule has 138 valence electrons. The number of hydrogen-bond donors (Lipinski definition) is 0. The molecule has 1 saturated heterocycles. The van der Waals surface area contributed by atoms with Gasteiger partial charge in [-0.1, -0.05) is 46.6 Å². The second-order valence-electron chi connectivity index (χ2n) is 6.94. The molecule has 0 saturated carbocycles. The summed E-state index contributed by atoms with van der Waals surface area (Å²) in [4.78, 5) is 18.8. The number of nitrogens with zero attached hydrogens (tertiary/aromatic N) is 3. The van der Waals surface area contributed by atoms with E-state index in [4.69, 9.17) is 16.1 Å². The third-order valence-corrected chi connectivity index (χ3v) is 5.16. The lowest BCUT2D eigenvalue weighted by Crippen LogP contribution is -2.27. The van der Waals surface area contributed by atoms with Gasteiger partial charge in [-0.2, -0.15) is 4.98 Å². The van der Waals surface area contributed by atoms with Crippen molar-refractivity contribution >= 4 is 17.5 Å². The van der Waals surface area contributed by atoms with E-state index >= 15 is 0 Å². The molecule has 0 N–H and O–H groups in total. The number of carbonyl (C=O) groups excluding carboxylic acids is 1. The highest BCUT2D eigenvalue weighted by Crippen LogP contribution is 2.28. The minimum atomic E-state index is -0.0225. The second kappa shape index (κ2) is 7.53. The van der Waals surface area contributed by atoms with E-state index in [9.17, 15) is 4.79 Å². The highest BCUT2D eigenvalue weighted by atomic mass is 35.5. The van der Waals surface area contributed by atoms with E-state index in [1.54, 1.807) is 0 Å². The van der Waals surface area contributed by atoms with Crippen molar-refractivity contribution < 1.29 is 9.32 Å². The highest BCUT2D eigenvalue weighted by molar-refractivity contribution is 6.30. The predicted molar refractivity (Wildman–Crippen MR) is 104 cm³/mol. The maximum atomic E-state index is 12.4. The summed E-state index contributed by atoms with van der Waals surface area (Å²) in [7, 11) is 0. The Bertz CT molecular complexity index is 935. The first-order chi connectivity index (χ1) is 13.1. The monoisotopic (exact) mass is 381 g/mol. The Balaban J connectivity index is 1.40. The number of hydrogen-bond acceptors (Lipinski definition) is 4. The predicted octanol–water partition coefficient (Wildman–Crippen LogP) is 4.26. The largest absolute Gasteiger partial charge is 0.342 e. The average molecular weight is 382 g/mol. The lowest BCUT2D eigenvalue weighted by atomic mass is 10.1. The molecule has 1 fully saturated rings. The lowest BCUT2D eigenvalue weighted by molar-refractivity contribution is -0.127. The summed E-state index contributed by atoms with van der Waals surface area (Å²) >= 11 is 5.92. The van der Waals surface area contributed by atoms with Crippen LogP contribution in [0.2, 0.25) is 5.02 Å². The van der Waals surface area contributed by atoms with Gasteiger partial charge in [-0.25, -0.2) is 0 Å². The van der Waals surface area contributed by atoms with Crippen molar-refractivity contribution in [3.63, 3.8) is 0 Å². The average Bonchev–Trinajstić information content (AvgIpc) is 3.29. The molecule has 1 unspecified atom stereocenters. The van der Waals surface area contributed by atoms with Gasteiger partial charge in [-0.15, -0.1) is 0 Å². The Kier molecular flexibility index (Phi) is 4.94. The lowest BCUT2D eigenvalue weighted by Gasteiger charge is -2.15. The molecule has 1 aliphatic heterocycles. The first-order valence-electron chi connectivity index (χ1n) is 9.01. The highest BCUT2D eigenvalue weighted by Gasteiger charge is 2.33. The molecule has 2 aromatic carbocycles. The molecule has 0 bridgehead atoms. The summed E-state index contributed by atoms with van der Waals surface area (Å²) in [5, 5.41) is 4.83. The Morgan fingerprint density at radius 1 is 1.15 bits per heavy atom. The van der Waals surface area contributed by atoms with Crippen LogP contribution in [0, 0.1) is 6.92 Å². The summed E-state index contributed by atoms with van der Waals surface area (Å²) in [6, 6.07) is 15.7. The van der Waals surface area contributed by atoms with Crippen LogP contribution in [-0.4, -0.2) is 34.0 Å². The van der Waals surface area contributed by atoms with E-state index in [2.05, 4.69) is 10.1 Å². The quantitative estimate of drug-likeness (QED) is 0.662. The zero-order chi connectivity index (χ0) is 18.8. The molecule has 2 heterocycles. The summed E-state index contributed by atoms with van der Waals surface area (Å²) in [5.74, 6) is 1.21. The van der Waals surface area contributed by atoms with Crippen LogP contribution in [-0.2, 0) is 11.2 Å². The smallest absolute Gasteiger partial charge is 0.257 e. The minimum Gasteiger partial charge on any atom is -0.342 e. The van der Waals surface area contributed by atoms with Gasteiger partial charge in [0.05, 0.1) is 0 Å². The molecule has 3 aromatic rings. The van der Waals surface area contributed by atoms with Crippen LogP contribution in [0.5, 0.6) is 0 Å². The number of halogens is 1. The number of aryl methyl sites for hydroxylation is 1. The van der Waals surface area contributed by atoms with E-state index in [0.717, 1.165) is 22.6 Å². The topological polar surface area (TPSA) is 59.2 Å². The van der Waals surface area contributed by atoms with E-state index in [-0.39, 0.29) is 11.8 Å². The van der Waals surface area contributed by atoms with Crippen LogP contribution in [0.15, 0.2) is 53.1 Å². The number of carbonyl (C=O) groups is 1. The zero-order valence-electron chi connectivity index (χ0n) is 15.1. The number of rotatable bonds is 5. The van der Waals surface area contributed by atoms with Gasteiger partial charge in [0.2, 0.25) is 5.91 Å². The molecule has 1 aliphatic rings. The van der Waals surface area contributed by atoms with E-state index < -0.39 is 0 Å². The van der Waals surface area contributed by atoms with Crippen LogP contribution in [0.1, 0.15) is 29.3 Å². The van der Waals surface area contributed by atoms with Crippen LogP contribution in [0.3, 0.4) is 0 Å². The third kappa shape index (κ3) is 4.03. The summed E-state index contributed by atoms with van der Waals surface area (Å²) in [5.41, 5.74) is 3.23. The van der Waals surface area contributed by atoms with Gasteiger partial charge in [0.25, 0.3) is 5.89 Å². The molecular weight excluding hydrogens is 362 g/mol. The van der Waals surface area contributed by atoms with Crippen molar-refractivity contribution in [2.75, 3.05) is 13.1 Å². The van der Waals surface area contributed by atoms with Crippen LogP contribution < -0.4 is 0 Å². The van der Waals surface area contributed by atoms with Gasteiger partial charge in [-0.05, 0) is 43.2 Å². The van der Waals surface area contributed by atoms with Gasteiger partial charge in [-0.3, -0.25) is 4.79 Å². The summed E-state index contributed by atoms with van der Waals surface area (Å²) in [6.45, 7) is 3.34. The van der Waals surface area contributed by atoms with Crippen LogP contribution in [0.4, 0.5) is 0 Å². The van der Waals surface area contributed by atoms with Crippen molar-refractivity contribution in [1.29, 1.82) is 0 Å². The van der Waals surface area contributed by atoms with Gasteiger partial charge in [0, 0.05) is 36.0 Å². The molecule has 1 aromatic heterocycles. The zero-order valence-corrected chi connectivity index (χ0v) is 15.8. The van der Waals surface area contributed by atoms with Gasteiger partial charge in [0.1, 0.15) is 0 Å². The van der Waals surface area contributed by atoms with Crippen molar-refractivity contribution in [3.05, 3.63) is 70.5 Å². The van der Waals surface area contributed by atoms with Crippen molar-refractivity contribution in [3.8, 4) is 11.5 Å². The van der Waals surface area contributed by atoms with E-state index in [0.29, 0.717) is 31.2 Å². The van der Waals surface area contributed by atoms with Crippen molar-refractivity contribution in [2.45, 2.75) is 25.7 Å². The SMILES string of the molecule is Cc1ccc(-c2nc(C3CC(=O)N(CCc4ccc(Cl)cc4)C3)no2)cc1. The Hall–Kier alpha value is -2.66. The molecule has 1 atom stereocenters. The summed E-state index contributed by atoms with van der Waals surface area (Å²) in [6.07, 6.45) is 1.23. The fourth-order valence-corrected chi connectivity index (χ4v) is 3.42. The molecule has 27 heavy (non-hydrogen) atoms. The molecule has 6 heteroatoms. The maximum absolute atomic E-state index is 12.4. The molecule has 0 radical (unpaired) electrons. The molecule has 4 rings (SSSR count). The Morgan fingerprint density at radius 2 is 1.89 bits per heavy atom. The molecular formula is C21H20ClN3O2. The van der Waals surface area contributed by atoms with Crippen molar-refractivity contribution in [2.24, 2.45) is 0 Å². The number of aromatic nitrogens is 2. The molecule has 1 amide bonds.